The van der Waals surface area contributed by atoms with Crippen LogP contribution < -0.4 is 17.0 Å². The van der Waals surface area contributed by atoms with Gasteiger partial charge in [0.1, 0.15) is 6.04 Å². The third kappa shape index (κ3) is 8.86. The molecule has 6 nitrogen and oxygen atoms in total. The lowest BCUT2D eigenvalue weighted by Crippen LogP contribution is -2.34. The van der Waals surface area contributed by atoms with E-state index in [1.165, 1.54) is 0 Å². The Balaban J connectivity index is 0. The van der Waals surface area contributed by atoms with E-state index in [0.29, 0.717) is 6.41 Å². The van der Waals surface area contributed by atoms with Gasteiger partial charge in [-0.1, -0.05) is 13.8 Å². The molecule has 1 atom stereocenters. The average Bonchev–Trinajstić information content (AvgIpc) is 2.03. The molecule has 0 aliphatic rings. The van der Waals surface area contributed by atoms with E-state index in [-0.39, 0.29) is 5.92 Å². The molecule has 0 bridgehead atoms. The lowest BCUT2D eigenvalue weighted by molar-refractivity contribution is -0.139. The number of carboxylic acids is 1. The van der Waals surface area contributed by atoms with Gasteiger partial charge in [0.15, 0.2) is 0 Å². The summed E-state index contributed by atoms with van der Waals surface area (Å²) in [6, 6.07) is -0.713. The SMILES string of the molecule is CC(C)[C@H](N)C(=O)O.NNC=O. The highest BCUT2D eigenvalue weighted by molar-refractivity contribution is 5.73. The summed E-state index contributed by atoms with van der Waals surface area (Å²) in [7, 11) is 0. The van der Waals surface area contributed by atoms with Crippen LogP contribution in [0.1, 0.15) is 13.8 Å². The third-order valence-electron chi connectivity index (χ3n) is 1.07. The van der Waals surface area contributed by atoms with Crippen LogP contribution in [0.3, 0.4) is 0 Å². The van der Waals surface area contributed by atoms with Crippen LogP contribution >= 0.6 is 0 Å². The van der Waals surface area contributed by atoms with Crippen LogP contribution in [0, 0.1) is 5.92 Å². The van der Waals surface area contributed by atoms with Gasteiger partial charge >= 0.3 is 5.97 Å². The van der Waals surface area contributed by atoms with Gasteiger partial charge in [0.05, 0.1) is 0 Å². The van der Waals surface area contributed by atoms with Crippen LogP contribution in [0.5, 0.6) is 0 Å². The lowest BCUT2D eigenvalue weighted by atomic mass is 10.1. The largest absolute Gasteiger partial charge is 0.480 e. The van der Waals surface area contributed by atoms with Crippen LogP contribution in [-0.2, 0) is 9.59 Å². The smallest absolute Gasteiger partial charge is 0.320 e. The number of carbonyl (C=O) groups excluding carboxylic acids is 1. The molecule has 0 aromatic heterocycles. The van der Waals surface area contributed by atoms with Crippen molar-refractivity contribution >= 4 is 12.4 Å². The second-order valence-electron chi connectivity index (χ2n) is 2.39. The number of hydrazine groups is 1. The summed E-state index contributed by atoms with van der Waals surface area (Å²) in [5.41, 5.74) is 6.91. The Bertz CT molecular complexity index is 138. The van der Waals surface area contributed by atoms with Gasteiger partial charge < -0.3 is 10.8 Å². The summed E-state index contributed by atoms with van der Waals surface area (Å²) < 4.78 is 0. The quantitative estimate of drug-likeness (QED) is 0.184. The highest BCUT2D eigenvalue weighted by atomic mass is 16.4. The normalized spacial score (nSPS) is 11.1. The first-order chi connectivity index (χ1) is 5.47. The fourth-order valence-corrected chi connectivity index (χ4v) is 0.285. The van der Waals surface area contributed by atoms with Gasteiger partial charge in [-0.2, -0.15) is 0 Å². The van der Waals surface area contributed by atoms with Crippen molar-refractivity contribution in [2.45, 2.75) is 19.9 Å². The molecule has 0 aromatic carbocycles. The van der Waals surface area contributed by atoms with Gasteiger partial charge in [0.25, 0.3) is 0 Å². The predicted molar refractivity (Wildman–Crippen MR) is 43.8 cm³/mol. The second-order valence-corrected chi connectivity index (χ2v) is 2.39. The second kappa shape index (κ2) is 7.96. The Morgan fingerprint density at radius 2 is 1.92 bits per heavy atom. The Kier molecular flexibility index (Phi) is 8.92. The van der Waals surface area contributed by atoms with Crippen molar-refractivity contribution in [3.63, 3.8) is 0 Å². The van der Waals surface area contributed by atoms with Crippen molar-refractivity contribution in [1.29, 1.82) is 0 Å². The van der Waals surface area contributed by atoms with E-state index in [9.17, 15) is 4.79 Å². The van der Waals surface area contributed by atoms with E-state index in [2.05, 4.69) is 5.84 Å². The molecular weight excluding hydrogens is 162 g/mol. The molecule has 0 fully saturated rings. The Hall–Kier alpha value is -1.14. The van der Waals surface area contributed by atoms with Gasteiger partial charge in [-0.05, 0) is 5.92 Å². The van der Waals surface area contributed by atoms with Crippen molar-refractivity contribution in [3.05, 3.63) is 0 Å². The fourth-order valence-electron chi connectivity index (χ4n) is 0.285. The van der Waals surface area contributed by atoms with E-state index in [0.717, 1.165) is 0 Å². The molecule has 0 spiro atoms. The van der Waals surface area contributed by atoms with E-state index in [4.69, 9.17) is 15.6 Å². The van der Waals surface area contributed by atoms with E-state index in [1.807, 2.05) is 0 Å². The minimum Gasteiger partial charge on any atom is -0.480 e. The standard InChI is InChI=1S/C5H11NO2.CH4N2O/c1-3(2)4(6)5(7)8;2-3-1-4/h3-4H,6H2,1-2H3,(H,7,8);1H,2H2,(H,3,4)/t4-;/m0./s1. The van der Waals surface area contributed by atoms with Gasteiger partial charge in [-0.25, -0.2) is 5.84 Å². The predicted octanol–water partition coefficient (Wildman–Crippen LogP) is -1.34. The van der Waals surface area contributed by atoms with Crippen molar-refractivity contribution in [1.82, 2.24) is 5.43 Å². The molecule has 0 heterocycles. The minimum absolute atomic E-state index is 0.0208. The van der Waals surface area contributed by atoms with E-state index >= 15 is 0 Å². The van der Waals surface area contributed by atoms with Gasteiger partial charge in [-0.15, -0.1) is 0 Å². The highest BCUT2D eigenvalue weighted by Gasteiger charge is 2.14. The summed E-state index contributed by atoms with van der Waals surface area (Å²) in [5.74, 6) is 3.50. The third-order valence-corrected chi connectivity index (χ3v) is 1.07. The first kappa shape index (κ1) is 13.4. The Labute approximate surface area is 70.9 Å². The molecule has 6 N–H and O–H groups in total. The van der Waals surface area contributed by atoms with Crippen molar-refractivity contribution in [2.75, 3.05) is 0 Å². The number of carbonyl (C=O) groups is 2. The van der Waals surface area contributed by atoms with Crippen LogP contribution in [-0.4, -0.2) is 23.5 Å². The van der Waals surface area contributed by atoms with E-state index < -0.39 is 12.0 Å². The molecule has 0 rings (SSSR count). The van der Waals surface area contributed by atoms with E-state index in [1.54, 1.807) is 19.3 Å². The van der Waals surface area contributed by atoms with Gasteiger partial charge in [0, 0.05) is 0 Å². The molecule has 72 valence electrons. The van der Waals surface area contributed by atoms with Crippen molar-refractivity contribution in [2.24, 2.45) is 17.5 Å². The number of hydrogen-bond donors (Lipinski definition) is 4. The maximum absolute atomic E-state index is 10.0. The van der Waals surface area contributed by atoms with Crippen molar-refractivity contribution < 1.29 is 14.7 Å². The number of carboxylic acid groups (broad SMARTS) is 1. The molecule has 0 aromatic rings. The fraction of sp³-hybridized carbons (Fsp3) is 0.667. The molecule has 0 radical (unpaired) electrons. The zero-order valence-corrected chi connectivity index (χ0v) is 7.15. The van der Waals surface area contributed by atoms with Crippen LogP contribution in [0.4, 0.5) is 0 Å². The first-order valence-electron chi connectivity index (χ1n) is 3.35. The maximum atomic E-state index is 10.0. The summed E-state index contributed by atoms with van der Waals surface area (Å²) in [4.78, 5) is 19.0. The molecule has 0 saturated heterocycles. The Morgan fingerprint density at radius 3 is 1.92 bits per heavy atom. The molecule has 0 aliphatic heterocycles. The molecule has 0 unspecified atom stereocenters. The first-order valence-corrected chi connectivity index (χ1v) is 3.35. The molecule has 0 aliphatic carbocycles. The number of nitrogens with one attached hydrogen (secondary N) is 1. The van der Waals surface area contributed by atoms with Gasteiger partial charge in [-0.3, -0.25) is 15.0 Å². The summed E-state index contributed by atoms with van der Waals surface area (Å²) in [5, 5.41) is 8.23. The summed E-state index contributed by atoms with van der Waals surface area (Å²) in [6.07, 6.45) is 0.403. The van der Waals surface area contributed by atoms with Crippen LogP contribution in [0.2, 0.25) is 0 Å². The zero-order valence-electron chi connectivity index (χ0n) is 7.15. The average molecular weight is 177 g/mol. The molecular formula is C6H15N3O3. The van der Waals surface area contributed by atoms with Crippen LogP contribution in [0.15, 0.2) is 0 Å². The van der Waals surface area contributed by atoms with Crippen molar-refractivity contribution in [3.8, 4) is 0 Å². The highest BCUT2D eigenvalue weighted by Crippen LogP contribution is 1.96. The molecule has 0 saturated carbocycles. The monoisotopic (exact) mass is 177 g/mol. The summed E-state index contributed by atoms with van der Waals surface area (Å²) >= 11 is 0. The number of aliphatic carboxylic acids is 1. The summed E-state index contributed by atoms with van der Waals surface area (Å²) in [6.45, 7) is 3.55. The van der Waals surface area contributed by atoms with Crippen LogP contribution in [0.25, 0.3) is 0 Å². The molecule has 6 heteroatoms. The Morgan fingerprint density at radius 1 is 1.58 bits per heavy atom. The minimum atomic E-state index is -0.931. The number of nitrogens with two attached hydrogens (primary N) is 2. The molecule has 12 heavy (non-hydrogen) atoms. The number of rotatable bonds is 3. The molecule has 1 amide bonds. The zero-order chi connectivity index (χ0) is 10.1. The lowest BCUT2D eigenvalue weighted by Gasteiger charge is -2.07. The maximum Gasteiger partial charge on any atom is 0.320 e. The number of hydrogen-bond acceptors (Lipinski definition) is 4. The van der Waals surface area contributed by atoms with Gasteiger partial charge in [0.2, 0.25) is 6.41 Å². The number of amides is 1. The topological polar surface area (TPSA) is 118 Å².